The van der Waals surface area contributed by atoms with Crippen LogP contribution in [0.15, 0.2) is 0 Å². The summed E-state index contributed by atoms with van der Waals surface area (Å²) in [5.41, 5.74) is -0.513. The van der Waals surface area contributed by atoms with Gasteiger partial charge in [0.25, 0.3) is 0 Å². The molecular weight excluding hydrogens is 206 g/mol. The Bertz CT molecular complexity index is 293. The van der Waals surface area contributed by atoms with Crippen LogP contribution in [0.5, 0.6) is 0 Å². The molecule has 4 heteroatoms. The van der Waals surface area contributed by atoms with E-state index in [9.17, 15) is 9.59 Å². The number of carbonyl (C=O) groups excluding carboxylic acids is 2. The number of ether oxygens (including phenoxy) is 1. The normalized spacial score (nSPS) is 25.7. The molecule has 1 amide bonds. The SMILES string of the molecule is CC(=O)[C@@H]1CC[C@@H](C)N1C(=O)OC(C)(C)C. The first-order chi connectivity index (χ1) is 7.22. The molecule has 1 saturated heterocycles. The van der Waals surface area contributed by atoms with E-state index >= 15 is 0 Å². The summed E-state index contributed by atoms with van der Waals surface area (Å²) in [5, 5.41) is 0. The highest BCUT2D eigenvalue weighted by Gasteiger charge is 2.39. The summed E-state index contributed by atoms with van der Waals surface area (Å²) in [7, 11) is 0. The highest BCUT2D eigenvalue weighted by molar-refractivity contribution is 5.86. The molecule has 0 aromatic heterocycles. The predicted octanol–water partition coefficient (Wildman–Crippen LogP) is 2.36. The van der Waals surface area contributed by atoms with E-state index < -0.39 is 5.60 Å². The van der Waals surface area contributed by atoms with Crippen LogP contribution in [-0.2, 0) is 9.53 Å². The Morgan fingerprint density at radius 2 is 1.81 bits per heavy atom. The Kier molecular flexibility index (Phi) is 3.61. The van der Waals surface area contributed by atoms with Crippen LogP contribution in [-0.4, -0.2) is 34.5 Å². The minimum absolute atomic E-state index is 0.0372. The third-order valence-corrected chi connectivity index (χ3v) is 2.74. The Labute approximate surface area is 96.9 Å². The molecule has 0 aliphatic carbocycles. The fourth-order valence-electron chi connectivity index (χ4n) is 2.01. The van der Waals surface area contributed by atoms with Crippen molar-refractivity contribution in [3.05, 3.63) is 0 Å². The Morgan fingerprint density at radius 1 is 1.25 bits per heavy atom. The van der Waals surface area contributed by atoms with Gasteiger partial charge in [-0.15, -0.1) is 0 Å². The van der Waals surface area contributed by atoms with Gasteiger partial charge in [0, 0.05) is 6.04 Å². The molecule has 16 heavy (non-hydrogen) atoms. The standard InChI is InChI=1S/C12H21NO3/c1-8-6-7-10(9(2)14)13(8)11(15)16-12(3,4)5/h8,10H,6-7H2,1-5H3/t8-,10+/m1/s1. The third-order valence-electron chi connectivity index (χ3n) is 2.74. The number of Topliss-reactive ketones (excluding diaryl/α,β-unsaturated/α-hetero) is 1. The van der Waals surface area contributed by atoms with Crippen molar-refractivity contribution in [3.63, 3.8) is 0 Å². The van der Waals surface area contributed by atoms with Crippen LogP contribution < -0.4 is 0 Å². The number of hydrogen-bond acceptors (Lipinski definition) is 3. The molecule has 0 radical (unpaired) electrons. The summed E-state index contributed by atoms with van der Waals surface area (Å²) in [6, 6.07) is -0.214. The summed E-state index contributed by atoms with van der Waals surface area (Å²) >= 11 is 0. The van der Waals surface area contributed by atoms with Crippen molar-refractivity contribution < 1.29 is 14.3 Å². The molecule has 0 N–H and O–H groups in total. The number of likely N-dealkylation sites (tertiary alicyclic amines) is 1. The van der Waals surface area contributed by atoms with E-state index in [0.29, 0.717) is 0 Å². The second-order valence-corrected chi connectivity index (χ2v) is 5.44. The van der Waals surface area contributed by atoms with Crippen molar-refractivity contribution in [3.8, 4) is 0 Å². The molecule has 4 nitrogen and oxygen atoms in total. The van der Waals surface area contributed by atoms with Gasteiger partial charge in [0.1, 0.15) is 5.60 Å². The molecule has 1 heterocycles. The zero-order valence-electron chi connectivity index (χ0n) is 10.7. The van der Waals surface area contributed by atoms with Gasteiger partial charge in [-0.3, -0.25) is 9.69 Å². The zero-order chi connectivity index (χ0) is 12.5. The van der Waals surface area contributed by atoms with E-state index in [1.165, 1.54) is 6.92 Å². The van der Waals surface area contributed by atoms with Crippen molar-refractivity contribution in [1.29, 1.82) is 0 Å². The lowest BCUT2D eigenvalue weighted by Gasteiger charge is -2.30. The maximum atomic E-state index is 11.9. The van der Waals surface area contributed by atoms with Crippen LogP contribution >= 0.6 is 0 Å². The molecule has 1 rings (SSSR count). The Morgan fingerprint density at radius 3 is 2.25 bits per heavy atom. The molecule has 0 bridgehead atoms. The van der Waals surface area contributed by atoms with E-state index in [1.54, 1.807) is 4.90 Å². The number of hydrogen-bond donors (Lipinski definition) is 0. The van der Waals surface area contributed by atoms with Gasteiger partial charge in [-0.05, 0) is 47.5 Å². The van der Waals surface area contributed by atoms with Gasteiger partial charge in [-0.1, -0.05) is 0 Å². The lowest BCUT2D eigenvalue weighted by Crippen LogP contribution is -2.45. The maximum Gasteiger partial charge on any atom is 0.411 e. The fraction of sp³-hybridized carbons (Fsp3) is 0.833. The number of amides is 1. The Balaban J connectivity index is 2.76. The van der Waals surface area contributed by atoms with Crippen molar-refractivity contribution >= 4 is 11.9 Å². The highest BCUT2D eigenvalue weighted by Crippen LogP contribution is 2.26. The van der Waals surface area contributed by atoms with Crippen LogP contribution in [0, 0.1) is 0 Å². The molecule has 0 aromatic carbocycles. The number of ketones is 1. The minimum Gasteiger partial charge on any atom is -0.444 e. The van der Waals surface area contributed by atoms with Crippen molar-refractivity contribution in [2.24, 2.45) is 0 Å². The van der Waals surface area contributed by atoms with E-state index in [2.05, 4.69) is 0 Å². The molecule has 0 spiro atoms. The van der Waals surface area contributed by atoms with E-state index in [1.807, 2.05) is 27.7 Å². The van der Waals surface area contributed by atoms with Crippen LogP contribution in [0.4, 0.5) is 4.79 Å². The topological polar surface area (TPSA) is 46.6 Å². The average molecular weight is 227 g/mol. The van der Waals surface area contributed by atoms with Crippen LogP contribution in [0.2, 0.25) is 0 Å². The lowest BCUT2D eigenvalue weighted by atomic mass is 10.1. The number of rotatable bonds is 1. The number of nitrogens with zero attached hydrogens (tertiary/aromatic N) is 1. The lowest BCUT2D eigenvalue weighted by molar-refractivity contribution is -0.121. The van der Waals surface area contributed by atoms with Crippen molar-refractivity contribution in [1.82, 2.24) is 4.90 Å². The minimum atomic E-state index is -0.513. The van der Waals surface area contributed by atoms with E-state index in [4.69, 9.17) is 4.74 Å². The van der Waals surface area contributed by atoms with Crippen LogP contribution in [0.3, 0.4) is 0 Å². The van der Waals surface area contributed by atoms with Gasteiger partial charge in [-0.2, -0.15) is 0 Å². The van der Waals surface area contributed by atoms with Gasteiger partial charge in [0.2, 0.25) is 0 Å². The van der Waals surface area contributed by atoms with Crippen molar-refractivity contribution in [2.45, 2.75) is 65.1 Å². The summed E-state index contributed by atoms with van der Waals surface area (Å²) in [6.07, 6.45) is 1.23. The Hall–Kier alpha value is -1.06. The fourth-order valence-corrected chi connectivity index (χ4v) is 2.01. The molecule has 92 valence electrons. The summed E-state index contributed by atoms with van der Waals surface area (Å²) in [4.78, 5) is 24.9. The molecule has 0 saturated carbocycles. The molecule has 0 aromatic rings. The van der Waals surface area contributed by atoms with Gasteiger partial charge < -0.3 is 4.74 Å². The third kappa shape index (κ3) is 2.97. The second-order valence-electron chi connectivity index (χ2n) is 5.44. The molecule has 0 unspecified atom stereocenters. The smallest absolute Gasteiger partial charge is 0.411 e. The molecule has 1 aliphatic rings. The van der Waals surface area contributed by atoms with Gasteiger partial charge >= 0.3 is 6.09 Å². The molecule has 1 fully saturated rings. The van der Waals surface area contributed by atoms with Crippen molar-refractivity contribution in [2.75, 3.05) is 0 Å². The molecular formula is C12H21NO3. The quantitative estimate of drug-likeness (QED) is 0.691. The zero-order valence-corrected chi connectivity index (χ0v) is 10.7. The van der Waals surface area contributed by atoms with E-state index in [-0.39, 0.29) is 24.0 Å². The largest absolute Gasteiger partial charge is 0.444 e. The van der Waals surface area contributed by atoms with Gasteiger partial charge in [-0.25, -0.2) is 4.79 Å². The predicted molar refractivity (Wildman–Crippen MR) is 61.2 cm³/mol. The number of carbonyl (C=O) groups is 2. The second kappa shape index (κ2) is 4.44. The first-order valence-corrected chi connectivity index (χ1v) is 5.74. The average Bonchev–Trinajstić information content (AvgIpc) is 2.43. The van der Waals surface area contributed by atoms with Crippen LogP contribution in [0.25, 0.3) is 0 Å². The summed E-state index contributed by atoms with van der Waals surface area (Å²) in [5.74, 6) is 0.0372. The maximum absolute atomic E-state index is 11.9. The summed E-state index contributed by atoms with van der Waals surface area (Å²) in [6.45, 7) is 8.96. The highest BCUT2D eigenvalue weighted by atomic mass is 16.6. The first kappa shape index (κ1) is 13.0. The van der Waals surface area contributed by atoms with Gasteiger partial charge in [0.05, 0.1) is 6.04 Å². The van der Waals surface area contributed by atoms with Crippen LogP contribution in [0.1, 0.15) is 47.5 Å². The summed E-state index contributed by atoms with van der Waals surface area (Å²) < 4.78 is 5.31. The molecule has 1 aliphatic heterocycles. The monoisotopic (exact) mass is 227 g/mol. The van der Waals surface area contributed by atoms with Gasteiger partial charge in [0.15, 0.2) is 5.78 Å². The van der Waals surface area contributed by atoms with E-state index in [0.717, 1.165) is 12.8 Å². The molecule has 2 atom stereocenters. The first-order valence-electron chi connectivity index (χ1n) is 5.74.